The van der Waals surface area contributed by atoms with Crippen molar-refractivity contribution in [2.24, 2.45) is 0 Å². The Morgan fingerprint density at radius 3 is 2.50 bits per heavy atom. The van der Waals surface area contributed by atoms with Crippen molar-refractivity contribution in [2.75, 3.05) is 38.1 Å². The third-order valence-electron chi connectivity index (χ3n) is 4.66. The van der Waals surface area contributed by atoms with E-state index in [1.807, 2.05) is 12.1 Å². The minimum atomic E-state index is -0.0310. The predicted molar refractivity (Wildman–Crippen MR) is 108 cm³/mol. The molecule has 1 heterocycles. The molecule has 1 aliphatic rings. The van der Waals surface area contributed by atoms with Crippen LogP contribution >= 0.6 is 23.2 Å². The fourth-order valence-corrected chi connectivity index (χ4v) is 3.43. The van der Waals surface area contributed by atoms with E-state index >= 15 is 0 Å². The van der Waals surface area contributed by atoms with E-state index in [-0.39, 0.29) is 12.3 Å². The molecule has 0 saturated carbocycles. The number of rotatable bonds is 5. The minimum absolute atomic E-state index is 0.0310. The number of hydrogen-bond acceptors (Lipinski definition) is 3. The quantitative estimate of drug-likeness (QED) is 0.845. The Balaban J connectivity index is 1.60. The van der Waals surface area contributed by atoms with Gasteiger partial charge < -0.3 is 15.1 Å². The van der Waals surface area contributed by atoms with Crippen molar-refractivity contribution < 1.29 is 4.79 Å². The number of nitrogens with zero attached hydrogens (tertiary/aromatic N) is 2. The lowest BCUT2D eigenvalue weighted by atomic mass is 10.1. The van der Waals surface area contributed by atoms with Gasteiger partial charge in [-0.2, -0.15) is 0 Å². The van der Waals surface area contributed by atoms with Gasteiger partial charge in [-0.3, -0.25) is 4.79 Å². The van der Waals surface area contributed by atoms with E-state index in [9.17, 15) is 4.79 Å². The van der Waals surface area contributed by atoms with Gasteiger partial charge in [0.15, 0.2) is 0 Å². The zero-order valence-corrected chi connectivity index (χ0v) is 16.4. The number of para-hydroxylation sites is 1. The molecular formula is C20H23Cl2N3O. The van der Waals surface area contributed by atoms with Crippen molar-refractivity contribution in [2.45, 2.75) is 13.0 Å². The van der Waals surface area contributed by atoms with E-state index in [0.29, 0.717) is 16.6 Å². The Labute approximate surface area is 164 Å². The molecule has 0 radical (unpaired) electrons. The average Bonchev–Trinajstić information content (AvgIpc) is 2.64. The van der Waals surface area contributed by atoms with E-state index in [1.165, 1.54) is 5.69 Å². The SMILES string of the molecule is CN1CCN(c2ccccc2CNC(=O)Cc2ccc(Cl)c(Cl)c2)CC1. The van der Waals surface area contributed by atoms with Gasteiger partial charge in [-0.1, -0.05) is 47.5 Å². The summed E-state index contributed by atoms with van der Waals surface area (Å²) in [6, 6.07) is 13.6. The van der Waals surface area contributed by atoms with Crippen LogP contribution in [0.4, 0.5) is 5.69 Å². The van der Waals surface area contributed by atoms with Gasteiger partial charge in [-0.25, -0.2) is 0 Å². The second kappa shape index (κ2) is 8.76. The summed E-state index contributed by atoms with van der Waals surface area (Å²) in [6.45, 7) is 4.63. The molecule has 2 aromatic rings. The molecule has 26 heavy (non-hydrogen) atoms. The summed E-state index contributed by atoms with van der Waals surface area (Å²) in [4.78, 5) is 17.0. The summed E-state index contributed by atoms with van der Waals surface area (Å²) in [5, 5.41) is 3.98. The lowest BCUT2D eigenvalue weighted by Gasteiger charge is -2.35. The summed E-state index contributed by atoms with van der Waals surface area (Å²) >= 11 is 11.9. The second-order valence-electron chi connectivity index (χ2n) is 6.62. The molecule has 0 aliphatic carbocycles. The van der Waals surface area contributed by atoms with Crippen molar-refractivity contribution in [3.8, 4) is 0 Å². The van der Waals surface area contributed by atoms with Crippen LogP contribution < -0.4 is 10.2 Å². The van der Waals surface area contributed by atoms with Crippen LogP contribution in [-0.4, -0.2) is 44.0 Å². The molecule has 1 amide bonds. The van der Waals surface area contributed by atoms with E-state index in [2.05, 4.69) is 40.4 Å². The number of nitrogens with one attached hydrogen (secondary N) is 1. The van der Waals surface area contributed by atoms with Crippen LogP contribution in [0, 0.1) is 0 Å². The number of hydrogen-bond donors (Lipinski definition) is 1. The predicted octanol–water partition coefficient (Wildman–Crippen LogP) is 3.60. The normalized spacial score (nSPS) is 15.1. The molecule has 1 aliphatic heterocycles. The van der Waals surface area contributed by atoms with Crippen molar-refractivity contribution in [3.05, 3.63) is 63.6 Å². The van der Waals surface area contributed by atoms with Crippen LogP contribution in [0.2, 0.25) is 10.0 Å². The third-order valence-corrected chi connectivity index (χ3v) is 5.40. The maximum atomic E-state index is 12.3. The van der Waals surface area contributed by atoms with Crippen LogP contribution in [0.5, 0.6) is 0 Å². The van der Waals surface area contributed by atoms with Gasteiger partial charge in [0, 0.05) is 38.4 Å². The lowest BCUT2D eigenvalue weighted by Crippen LogP contribution is -2.45. The van der Waals surface area contributed by atoms with Crippen molar-refractivity contribution in [3.63, 3.8) is 0 Å². The van der Waals surface area contributed by atoms with Crippen molar-refractivity contribution in [1.82, 2.24) is 10.2 Å². The Morgan fingerprint density at radius 2 is 1.77 bits per heavy atom. The van der Waals surface area contributed by atoms with Crippen LogP contribution in [0.3, 0.4) is 0 Å². The monoisotopic (exact) mass is 391 g/mol. The maximum absolute atomic E-state index is 12.3. The fourth-order valence-electron chi connectivity index (χ4n) is 3.11. The molecule has 1 fully saturated rings. The smallest absolute Gasteiger partial charge is 0.224 e. The number of halogens is 2. The summed E-state index contributed by atoms with van der Waals surface area (Å²) in [6.07, 6.45) is 0.285. The largest absolute Gasteiger partial charge is 0.369 e. The highest BCUT2D eigenvalue weighted by Crippen LogP contribution is 2.23. The molecule has 2 aromatic carbocycles. The third kappa shape index (κ3) is 4.91. The fraction of sp³-hybridized carbons (Fsp3) is 0.350. The van der Waals surface area contributed by atoms with Gasteiger partial charge in [-0.05, 0) is 36.4 Å². The van der Waals surface area contributed by atoms with Crippen LogP contribution in [0.15, 0.2) is 42.5 Å². The van der Waals surface area contributed by atoms with Crippen molar-refractivity contribution >= 4 is 34.8 Å². The summed E-state index contributed by atoms with van der Waals surface area (Å²) in [5.41, 5.74) is 3.19. The number of carbonyl (C=O) groups is 1. The molecule has 0 unspecified atom stereocenters. The second-order valence-corrected chi connectivity index (χ2v) is 7.44. The number of likely N-dealkylation sites (N-methyl/N-ethyl adjacent to an activating group) is 1. The minimum Gasteiger partial charge on any atom is -0.369 e. The van der Waals surface area contributed by atoms with Crippen LogP contribution in [0.1, 0.15) is 11.1 Å². The highest BCUT2D eigenvalue weighted by molar-refractivity contribution is 6.42. The summed E-state index contributed by atoms with van der Waals surface area (Å²) in [5.74, 6) is -0.0310. The molecule has 1 saturated heterocycles. The van der Waals surface area contributed by atoms with E-state index in [4.69, 9.17) is 23.2 Å². The Kier molecular flexibility index (Phi) is 6.41. The average molecular weight is 392 g/mol. The van der Waals surface area contributed by atoms with Gasteiger partial charge >= 0.3 is 0 Å². The van der Waals surface area contributed by atoms with Gasteiger partial charge in [-0.15, -0.1) is 0 Å². The van der Waals surface area contributed by atoms with Gasteiger partial charge in [0.1, 0.15) is 0 Å². The first-order chi connectivity index (χ1) is 12.5. The Hall–Kier alpha value is -1.75. The van der Waals surface area contributed by atoms with E-state index in [1.54, 1.807) is 12.1 Å². The first kappa shape index (κ1) is 19.0. The van der Waals surface area contributed by atoms with Crippen LogP contribution in [0.25, 0.3) is 0 Å². The van der Waals surface area contributed by atoms with Crippen molar-refractivity contribution in [1.29, 1.82) is 0 Å². The standard InChI is InChI=1S/C20H23Cl2N3O/c1-24-8-10-25(11-9-24)19-5-3-2-4-16(19)14-23-20(26)13-15-6-7-17(21)18(22)12-15/h2-7,12H,8-11,13-14H2,1H3,(H,23,26). The van der Waals surface area contributed by atoms with Crippen LogP contribution in [-0.2, 0) is 17.8 Å². The first-order valence-corrected chi connectivity index (χ1v) is 9.50. The molecule has 1 N–H and O–H groups in total. The van der Waals surface area contributed by atoms with Gasteiger partial charge in [0.25, 0.3) is 0 Å². The number of amides is 1. The topological polar surface area (TPSA) is 35.6 Å². The molecule has 0 aromatic heterocycles. The van der Waals surface area contributed by atoms with Gasteiger partial charge in [0.05, 0.1) is 16.5 Å². The highest BCUT2D eigenvalue weighted by Gasteiger charge is 2.17. The maximum Gasteiger partial charge on any atom is 0.224 e. The number of anilines is 1. The van der Waals surface area contributed by atoms with Gasteiger partial charge in [0.2, 0.25) is 5.91 Å². The lowest BCUT2D eigenvalue weighted by molar-refractivity contribution is -0.120. The number of benzene rings is 2. The zero-order valence-electron chi connectivity index (χ0n) is 14.8. The molecule has 0 atom stereocenters. The molecule has 138 valence electrons. The first-order valence-electron chi connectivity index (χ1n) is 8.75. The molecule has 6 heteroatoms. The Morgan fingerprint density at radius 1 is 1.04 bits per heavy atom. The highest BCUT2D eigenvalue weighted by atomic mass is 35.5. The summed E-state index contributed by atoms with van der Waals surface area (Å²) in [7, 11) is 2.15. The molecule has 4 nitrogen and oxygen atoms in total. The number of carbonyl (C=O) groups excluding carboxylic acids is 1. The molecular weight excluding hydrogens is 369 g/mol. The summed E-state index contributed by atoms with van der Waals surface area (Å²) < 4.78 is 0. The zero-order chi connectivity index (χ0) is 18.5. The van der Waals surface area contributed by atoms with E-state index < -0.39 is 0 Å². The Bertz CT molecular complexity index is 773. The number of piperazine rings is 1. The molecule has 3 rings (SSSR count). The molecule has 0 spiro atoms. The van der Waals surface area contributed by atoms with E-state index in [0.717, 1.165) is 37.3 Å². The molecule has 0 bridgehead atoms.